The number of imide groups is 1. The lowest BCUT2D eigenvalue weighted by Crippen LogP contribution is -2.22. The van der Waals surface area contributed by atoms with Crippen molar-refractivity contribution in [1.82, 2.24) is 5.32 Å². The Hall–Kier alpha value is -5.05. The normalized spacial score (nSPS) is 15.8. The van der Waals surface area contributed by atoms with Gasteiger partial charge in [0.15, 0.2) is 0 Å². The van der Waals surface area contributed by atoms with Crippen molar-refractivity contribution in [3.63, 3.8) is 0 Å². The van der Waals surface area contributed by atoms with Gasteiger partial charge in [0, 0.05) is 47.1 Å². The summed E-state index contributed by atoms with van der Waals surface area (Å²) in [6, 6.07) is 20.7. The second-order valence-corrected chi connectivity index (χ2v) is 8.04. The van der Waals surface area contributed by atoms with Gasteiger partial charge < -0.3 is 10.6 Å². The van der Waals surface area contributed by atoms with E-state index in [1.54, 1.807) is 12.1 Å². The summed E-state index contributed by atoms with van der Waals surface area (Å²) in [6.07, 6.45) is 1.60. The first kappa shape index (κ1) is 21.8. The highest BCUT2D eigenvalue weighted by atomic mass is 16.6. The maximum absolute atomic E-state index is 13.0. The third kappa shape index (κ3) is 4.30. The topological polar surface area (TPSA) is 130 Å². The predicted molar refractivity (Wildman–Crippen MR) is 130 cm³/mol. The maximum atomic E-state index is 13.0. The molecule has 0 spiro atoms. The predicted octanol–water partition coefficient (Wildman–Crippen LogP) is 3.65. The van der Waals surface area contributed by atoms with Crippen molar-refractivity contribution >= 4 is 46.1 Å². The number of rotatable bonds is 6. The van der Waals surface area contributed by atoms with Crippen LogP contribution in [0.5, 0.6) is 0 Å². The minimum atomic E-state index is -0.497. The fourth-order valence-corrected chi connectivity index (χ4v) is 4.05. The number of hydrogen-bond donors (Lipinski definition) is 3. The largest absolute Gasteiger partial charge is 0.354 e. The molecule has 0 atom stereocenters. The van der Waals surface area contributed by atoms with E-state index in [4.69, 9.17) is 0 Å². The van der Waals surface area contributed by atoms with E-state index in [0.29, 0.717) is 40.2 Å². The number of nitrogens with zero attached hydrogens (tertiary/aromatic N) is 1. The van der Waals surface area contributed by atoms with Gasteiger partial charge in [0.05, 0.1) is 16.2 Å². The van der Waals surface area contributed by atoms with Gasteiger partial charge in [-0.1, -0.05) is 42.5 Å². The van der Waals surface area contributed by atoms with Crippen LogP contribution in [0.4, 0.5) is 17.1 Å². The molecule has 0 bridgehead atoms. The molecule has 5 rings (SSSR count). The molecule has 0 saturated carbocycles. The van der Waals surface area contributed by atoms with Crippen molar-refractivity contribution in [2.75, 3.05) is 10.6 Å². The van der Waals surface area contributed by atoms with Crippen molar-refractivity contribution < 1.29 is 19.3 Å². The van der Waals surface area contributed by atoms with E-state index in [2.05, 4.69) is 16.0 Å². The van der Waals surface area contributed by atoms with Gasteiger partial charge in [-0.05, 0) is 29.3 Å². The van der Waals surface area contributed by atoms with Crippen LogP contribution >= 0.6 is 0 Å². The van der Waals surface area contributed by atoms with E-state index in [-0.39, 0.29) is 11.6 Å². The third-order valence-electron chi connectivity index (χ3n) is 5.72. The molecule has 2 aliphatic heterocycles. The second-order valence-electron chi connectivity index (χ2n) is 8.04. The first-order chi connectivity index (χ1) is 16.9. The van der Waals surface area contributed by atoms with Gasteiger partial charge in [0.25, 0.3) is 23.4 Å². The number of benzene rings is 3. The molecule has 35 heavy (non-hydrogen) atoms. The average molecular weight is 466 g/mol. The van der Waals surface area contributed by atoms with E-state index in [1.165, 1.54) is 24.3 Å². The monoisotopic (exact) mass is 466 g/mol. The van der Waals surface area contributed by atoms with Gasteiger partial charge in [-0.15, -0.1) is 0 Å². The first-order valence-corrected chi connectivity index (χ1v) is 10.7. The molecule has 0 saturated heterocycles. The summed E-state index contributed by atoms with van der Waals surface area (Å²) in [5, 5.41) is 19.6. The van der Waals surface area contributed by atoms with Gasteiger partial charge in [-0.2, -0.15) is 0 Å². The molecule has 3 amide bonds. The Bertz CT molecular complexity index is 1460. The van der Waals surface area contributed by atoms with Gasteiger partial charge in [0.1, 0.15) is 0 Å². The number of non-ortho nitro benzene ring substituents is 1. The summed E-state index contributed by atoms with van der Waals surface area (Å²) in [5.41, 5.74) is 4.25. The van der Waals surface area contributed by atoms with Crippen molar-refractivity contribution in [3.8, 4) is 0 Å². The highest BCUT2D eigenvalue weighted by Gasteiger charge is 2.30. The van der Waals surface area contributed by atoms with Crippen LogP contribution in [0.25, 0.3) is 11.3 Å². The highest BCUT2D eigenvalue weighted by Crippen LogP contribution is 2.39. The quantitative estimate of drug-likeness (QED) is 0.220. The lowest BCUT2D eigenvalue weighted by atomic mass is 9.99. The van der Waals surface area contributed by atoms with Crippen LogP contribution < -0.4 is 16.0 Å². The van der Waals surface area contributed by atoms with E-state index in [9.17, 15) is 24.5 Å². The highest BCUT2D eigenvalue weighted by molar-refractivity contribution is 6.37. The molecular weight excluding hydrogens is 448 g/mol. The zero-order valence-electron chi connectivity index (χ0n) is 18.2. The van der Waals surface area contributed by atoms with Crippen LogP contribution in [-0.4, -0.2) is 22.6 Å². The number of nitro benzene ring substituents is 1. The summed E-state index contributed by atoms with van der Waals surface area (Å²) < 4.78 is 0. The Balaban J connectivity index is 1.52. The average Bonchev–Trinajstić information content (AvgIpc) is 3.35. The summed E-state index contributed by atoms with van der Waals surface area (Å²) in [4.78, 5) is 47.0. The van der Waals surface area contributed by atoms with E-state index < -0.39 is 16.7 Å². The minimum Gasteiger partial charge on any atom is -0.354 e. The van der Waals surface area contributed by atoms with Crippen LogP contribution in [0.1, 0.15) is 16.7 Å². The number of nitrogens with one attached hydrogen (secondary N) is 3. The Kier molecular flexibility index (Phi) is 5.42. The molecule has 2 aliphatic rings. The standard InChI is InChI=1S/C26H18N4O5/c31-22-13-17(25(32)29-22)12-15-6-8-18(9-7-15)27-24(16-4-2-1-3-5-16)23-20-14-19(30(34)35)10-11-21(20)28-26(23)33/h1-11,13-14,27H,12H2,(H,28,33)(H,29,31,32)/b24-23-. The molecule has 0 aliphatic carbocycles. The Morgan fingerprint density at radius 2 is 1.63 bits per heavy atom. The maximum Gasteiger partial charge on any atom is 0.270 e. The Labute approximate surface area is 199 Å². The number of fused-ring (bicyclic) bond motifs is 1. The number of amides is 3. The molecule has 2 heterocycles. The summed E-state index contributed by atoms with van der Waals surface area (Å²) >= 11 is 0. The molecule has 3 aromatic rings. The summed E-state index contributed by atoms with van der Waals surface area (Å²) in [7, 11) is 0. The molecule has 9 heteroatoms. The minimum absolute atomic E-state index is 0.113. The van der Waals surface area contributed by atoms with Crippen molar-refractivity contribution in [1.29, 1.82) is 0 Å². The SMILES string of the molecule is O=C1C=C(Cc2ccc(N/C(=C3\C(=O)Nc4ccc([N+](=O)[O-])cc43)c3ccccc3)cc2)C(=O)N1. The molecule has 172 valence electrons. The van der Waals surface area contributed by atoms with E-state index in [1.807, 2.05) is 42.5 Å². The Morgan fingerprint density at radius 3 is 2.29 bits per heavy atom. The molecule has 0 aromatic heterocycles. The first-order valence-electron chi connectivity index (χ1n) is 10.7. The van der Waals surface area contributed by atoms with Gasteiger partial charge in [-0.25, -0.2) is 0 Å². The third-order valence-corrected chi connectivity index (χ3v) is 5.72. The number of anilines is 2. The number of carbonyl (C=O) groups is 3. The Morgan fingerprint density at radius 1 is 0.886 bits per heavy atom. The summed E-state index contributed by atoms with van der Waals surface area (Å²) in [6.45, 7) is 0. The van der Waals surface area contributed by atoms with Crippen molar-refractivity contribution in [2.24, 2.45) is 0 Å². The molecule has 9 nitrogen and oxygen atoms in total. The molecule has 0 radical (unpaired) electrons. The zero-order chi connectivity index (χ0) is 24.5. The molecule has 3 aromatic carbocycles. The van der Waals surface area contributed by atoms with Crippen LogP contribution in [0.2, 0.25) is 0 Å². The van der Waals surface area contributed by atoms with Crippen LogP contribution in [0.3, 0.4) is 0 Å². The van der Waals surface area contributed by atoms with Gasteiger partial charge in [0.2, 0.25) is 0 Å². The molecular formula is C26H18N4O5. The second kappa shape index (κ2) is 8.71. The zero-order valence-corrected chi connectivity index (χ0v) is 18.2. The fraction of sp³-hybridized carbons (Fsp3) is 0.0385. The van der Waals surface area contributed by atoms with E-state index in [0.717, 1.165) is 11.1 Å². The van der Waals surface area contributed by atoms with Crippen LogP contribution in [0.15, 0.2) is 84.4 Å². The van der Waals surface area contributed by atoms with Crippen LogP contribution in [-0.2, 0) is 20.8 Å². The smallest absolute Gasteiger partial charge is 0.270 e. The van der Waals surface area contributed by atoms with Crippen molar-refractivity contribution in [2.45, 2.75) is 6.42 Å². The number of nitro groups is 1. The molecule has 0 fully saturated rings. The van der Waals surface area contributed by atoms with Crippen LogP contribution in [0, 0.1) is 10.1 Å². The number of carbonyl (C=O) groups excluding carboxylic acids is 3. The van der Waals surface area contributed by atoms with Crippen molar-refractivity contribution in [3.05, 3.63) is 111 Å². The summed E-state index contributed by atoms with van der Waals surface area (Å²) in [5.74, 6) is -1.18. The van der Waals surface area contributed by atoms with Gasteiger partial charge in [-0.3, -0.25) is 29.8 Å². The number of hydrogen-bond acceptors (Lipinski definition) is 6. The lowest BCUT2D eigenvalue weighted by molar-refractivity contribution is -0.384. The molecule has 0 unspecified atom stereocenters. The lowest BCUT2D eigenvalue weighted by Gasteiger charge is -2.15. The van der Waals surface area contributed by atoms with E-state index >= 15 is 0 Å². The molecule has 3 N–H and O–H groups in total. The fourth-order valence-electron chi connectivity index (χ4n) is 4.05. The van der Waals surface area contributed by atoms with Gasteiger partial charge >= 0.3 is 0 Å².